The summed E-state index contributed by atoms with van der Waals surface area (Å²) in [6, 6.07) is 0. The summed E-state index contributed by atoms with van der Waals surface area (Å²) >= 11 is 1.88. The number of anilines is 1. The van der Waals surface area contributed by atoms with E-state index in [1.54, 1.807) is 0 Å². The Bertz CT molecular complexity index is 392. The molecule has 17 heavy (non-hydrogen) atoms. The van der Waals surface area contributed by atoms with E-state index in [-0.39, 0.29) is 0 Å². The third kappa shape index (κ3) is 2.92. The second-order valence-electron chi connectivity index (χ2n) is 4.64. The van der Waals surface area contributed by atoms with Crippen LogP contribution < -0.4 is 4.90 Å². The molecule has 0 spiro atoms. The van der Waals surface area contributed by atoms with Gasteiger partial charge in [0.2, 0.25) is 0 Å². The SMILES string of the molecule is CSCCN(C)c1nc(C)nc2c1CCCC2. The van der Waals surface area contributed by atoms with Gasteiger partial charge in [0.1, 0.15) is 11.6 Å². The Morgan fingerprint density at radius 2 is 2.00 bits per heavy atom. The number of rotatable bonds is 4. The van der Waals surface area contributed by atoms with Gasteiger partial charge in [-0.3, -0.25) is 0 Å². The molecule has 1 aliphatic rings. The first kappa shape index (κ1) is 12.7. The van der Waals surface area contributed by atoms with Gasteiger partial charge in [0, 0.05) is 30.6 Å². The molecule has 1 aliphatic carbocycles. The van der Waals surface area contributed by atoms with E-state index in [1.807, 2.05) is 18.7 Å². The van der Waals surface area contributed by atoms with E-state index in [0.717, 1.165) is 31.0 Å². The molecule has 0 saturated carbocycles. The molecule has 0 radical (unpaired) electrons. The summed E-state index contributed by atoms with van der Waals surface area (Å²) < 4.78 is 0. The zero-order chi connectivity index (χ0) is 12.3. The van der Waals surface area contributed by atoms with Gasteiger partial charge in [-0.05, 0) is 38.9 Å². The van der Waals surface area contributed by atoms with Crippen molar-refractivity contribution in [3.05, 3.63) is 17.1 Å². The maximum atomic E-state index is 4.64. The van der Waals surface area contributed by atoms with Crippen molar-refractivity contribution in [1.29, 1.82) is 0 Å². The van der Waals surface area contributed by atoms with Gasteiger partial charge in [-0.2, -0.15) is 11.8 Å². The summed E-state index contributed by atoms with van der Waals surface area (Å²) in [6.45, 7) is 3.06. The van der Waals surface area contributed by atoms with Crippen LogP contribution in [0.2, 0.25) is 0 Å². The molecule has 0 atom stereocenters. The predicted molar refractivity (Wildman–Crippen MR) is 75.1 cm³/mol. The monoisotopic (exact) mass is 251 g/mol. The Hall–Kier alpha value is -0.770. The van der Waals surface area contributed by atoms with Crippen molar-refractivity contribution < 1.29 is 0 Å². The minimum atomic E-state index is 0.914. The molecule has 0 saturated heterocycles. The number of aromatic nitrogens is 2. The maximum absolute atomic E-state index is 4.64. The molecule has 1 heterocycles. The van der Waals surface area contributed by atoms with Crippen molar-refractivity contribution in [2.45, 2.75) is 32.6 Å². The van der Waals surface area contributed by atoms with Gasteiger partial charge < -0.3 is 4.90 Å². The van der Waals surface area contributed by atoms with Crippen LogP contribution in [0.25, 0.3) is 0 Å². The summed E-state index contributed by atoms with van der Waals surface area (Å²) in [4.78, 5) is 11.5. The van der Waals surface area contributed by atoms with Crippen LogP contribution in [0.3, 0.4) is 0 Å². The average Bonchev–Trinajstić information content (AvgIpc) is 2.34. The molecule has 1 aromatic heterocycles. The Kier molecular flexibility index (Phi) is 4.26. The topological polar surface area (TPSA) is 29.0 Å². The summed E-state index contributed by atoms with van der Waals surface area (Å²) in [5.41, 5.74) is 2.68. The predicted octanol–water partition coefficient (Wildman–Crippen LogP) is 2.46. The van der Waals surface area contributed by atoms with Crippen LogP contribution >= 0.6 is 11.8 Å². The second-order valence-corrected chi connectivity index (χ2v) is 5.63. The lowest BCUT2D eigenvalue weighted by Gasteiger charge is -2.25. The number of hydrogen-bond acceptors (Lipinski definition) is 4. The fourth-order valence-corrected chi connectivity index (χ4v) is 2.80. The fourth-order valence-electron chi connectivity index (χ4n) is 2.34. The van der Waals surface area contributed by atoms with Crippen LogP contribution in [0.5, 0.6) is 0 Å². The van der Waals surface area contributed by atoms with E-state index in [0.29, 0.717) is 0 Å². The number of fused-ring (bicyclic) bond motifs is 1. The fraction of sp³-hybridized carbons (Fsp3) is 0.692. The highest BCUT2D eigenvalue weighted by molar-refractivity contribution is 7.98. The van der Waals surface area contributed by atoms with Gasteiger partial charge in [0.15, 0.2) is 0 Å². The van der Waals surface area contributed by atoms with E-state index in [4.69, 9.17) is 0 Å². The van der Waals surface area contributed by atoms with Crippen molar-refractivity contribution in [1.82, 2.24) is 9.97 Å². The Balaban J connectivity index is 2.28. The zero-order valence-corrected chi connectivity index (χ0v) is 11.8. The van der Waals surface area contributed by atoms with Crippen molar-refractivity contribution in [2.75, 3.05) is 30.5 Å². The number of thioether (sulfide) groups is 1. The first-order valence-corrected chi connectivity index (χ1v) is 7.68. The van der Waals surface area contributed by atoms with Crippen molar-refractivity contribution >= 4 is 17.6 Å². The van der Waals surface area contributed by atoms with Crippen LogP contribution in [0, 0.1) is 6.92 Å². The zero-order valence-electron chi connectivity index (χ0n) is 11.0. The first-order chi connectivity index (χ1) is 8.22. The summed E-state index contributed by atoms with van der Waals surface area (Å²) in [6.07, 6.45) is 6.98. The van der Waals surface area contributed by atoms with Gasteiger partial charge in [-0.25, -0.2) is 9.97 Å². The Morgan fingerprint density at radius 3 is 2.76 bits per heavy atom. The van der Waals surface area contributed by atoms with E-state index in [2.05, 4.69) is 28.2 Å². The molecule has 0 bridgehead atoms. The van der Waals surface area contributed by atoms with Crippen LogP contribution in [0.4, 0.5) is 5.82 Å². The summed E-state index contributed by atoms with van der Waals surface area (Å²) in [5, 5.41) is 0. The third-order valence-electron chi connectivity index (χ3n) is 3.27. The lowest BCUT2D eigenvalue weighted by molar-refractivity contribution is 0.655. The molecule has 0 unspecified atom stereocenters. The van der Waals surface area contributed by atoms with Crippen LogP contribution in [-0.4, -0.2) is 35.6 Å². The summed E-state index contributed by atoms with van der Waals surface area (Å²) in [7, 11) is 2.15. The van der Waals surface area contributed by atoms with Crippen LogP contribution in [0.1, 0.15) is 29.9 Å². The molecule has 94 valence electrons. The molecule has 0 aliphatic heterocycles. The van der Waals surface area contributed by atoms with Gasteiger partial charge >= 0.3 is 0 Å². The molecule has 0 aromatic carbocycles. The lowest BCUT2D eigenvalue weighted by Crippen LogP contribution is -2.25. The van der Waals surface area contributed by atoms with Gasteiger partial charge in [0.05, 0.1) is 0 Å². The van der Waals surface area contributed by atoms with Crippen molar-refractivity contribution in [3.63, 3.8) is 0 Å². The highest BCUT2D eigenvalue weighted by Gasteiger charge is 2.18. The van der Waals surface area contributed by atoms with Crippen LogP contribution in [0.15, 0.2) is 0 Å². The highest BCUT2D eigenvalue weighted by Crippen LogP contribution is 2.27. The van der Waals surface area contributed by atoms with Crippen LogP contribution in [-0.2, 0) is 12.8 Å². The van der Waals surface area contributed by atoms with Crippen molar-refractivity contribution in [2.24, 2.45) is 0 Å². The smallest absolute Gasteiger partial charge is 0.135 e. The molecule has 0 fully saturated rings. The van der Waals surface area contributed by atoms with Gasteiger partial charge in [-0.1, -0.05) is 0 Å². The minimum Gasteiger partial charge on any atom is -0.359 e. The largest absolute Gasteiger partial charge is 0.359 e. The molecule has 0 N–H and O–H groups in total. The molecule has 4 heteroatoms. The second kappa shape index (κ2) is 5.71. The molecule has 3 nitrogen and oxygen atoms in total. The Morgan fingerprint density at radius 1 is 1.24 bits per heavy atom. The lowest BCUT2D eigenvalue weighted by atomic mass is 9.96. The quantitative estimate of drug-likeness (QED) is 0.822. The Labute approximate surface area is 108 Å². The standard InChI is InChI=1S/C13H21N3S/c1-10-14-12-7-5-4-6-11(12)13(15-10)16(2)8-9-17-3/h4-9H2,1-3H3. The average molecular weight is 251 g/mol. The normalized spacial score (nSPS) is 14.5. The van der Waals surface area contributed by atoms with E-state index in [1.165, 1.54) is 29.9 Å². The van der Waals surface area contributed by atoms with E-state index in [9.17, 15) is 0 Å². The third-order valence-corrected chi connectivity index (χ3v) is 3.86. The number of aryl methyl sites for hydroxylation is 2. The van der Waals surface area contributed by atoms with Gasteiger partial charge in [0.25, 0.3) is 0 Å². The highest BCUT2D eigenvalue weighted by atomic mass is 32.2. The number of nitrogens with zero attached hydrogens (tertiary/aromatic N) is 3. The molecular formula is C13H21N3S. The maximum Gasteiger partial charge on any atom is 0.135 e. The first-order valence-electron chi connectivity index (χ1n) is 6.29. The molecule has 2 rings (SSSR count). The molecule has 1 aromatic rings. The number of hydrogen-bond donors (Lipinski definition) is 0. The molecule has 0 amide bonds. The van der Waals surface area contributed by atoms with E-state index < -0.39 is 0 Å². The minimum absolute atomic E-state index is 0.914. The van der Waals surface area contributed by atoms with Gasteiger partial charge in [-0.15, -0.1) is 0 Å². The van der Waals surface area contributed by atoms with E-state index >= 15 is 0 Å². The summed E-state index contributed by atoms with van der Waals surface area (Å²) in [5.74, 6) is 3.23. The molecular weight excluding hydrogens is 230 g/mol. The van der Waals surface area contributed by atoms with Crippen molar-refractivity contribution in [3.8, 4) is 0 Å².